The summed E-state index contributed by atoms with van der Waals surface area (Å²) >= 11 is 0. The van der Waals surface area contributed by atoms with E-state index in [9.17, 15) is 28.1 Å². The van der Waals surface area contributed by atoms with Gasteiger partial charge in [-0.25, -0.2) is 4.39 Å². The third kappa shape index (κ3) is 2.71. The maximum atomic E-state index is 13.5. The molecule has 0 spiro atoms. The van der Waals surface area contributed by atoms with Crippen LogP contribution in [0.2, 0.25) is 0 Å². The van der Waals surface area contributed by atoms with Gasteiger partial charge in [-0.3, -0.25) is 14.9 Å². The van der Waals surface area contributed by atoms with Crippen molar-refractivity contribution in [3.05, 3.63) is 33.6 Å². The molecule has 0 amide bonds. The van der Waals surface area contributed by atoms with Crippen LogP contribution < -0.4 is 4.74 Å². The highest BCUT2D eigenvalue weighted by Gasteiger charge is 2.26. The highest BCUT2D eigenvalue weighted by atomic mass is 19.3. The molecule has 0 fully saturated rings. The second-order valence-corrected chi connectivity index (χ2v) is 2.97. The molecule has 0 aromatic heterocycles. The van der Waals surface area contributed by atoms with Crippen LogP contribution in [0.3, 0.4) is 0 Å². The molecule has 1 rings (SSSR count). The third-order valence-electron chi connectivity index (χ3n) is 1.86. The van der Waals surface area contributed by atoms with E-state index in [1.54, 1.807) is 0 Å². The van der Waals surface area contributed by atoms with E-state index < -0.39 is 40.1 Å². The topological polar surface area (TPSA) is 69.4 Å². The molecule has 0 heterocycles. The van der Waals surface area contributed by atoms with Gasteiger partial charge in [-0.05, 0) is 13.0 Å². The van der Waals surface area contributed by atoms with Crippen LogP contribution in [0.1, 0.15) is 17.3 Å². The first kappa shape index (κ1) is 12.9. The average molecular weight is 249 g/mol. The molecule has 1 aromatic carbocycles. The minimum Gasteiger partial charge on any atom is -0.424 e. The van der Waals surface area contributed by atoms with Crippen molar-refractivity contribution in [3.63, 3.8) is 0 Å². The number of ether oxygens (including phenoxy) is 1. The number of benzene rings is 1. The normalized spacial score (nSPS) is 10.4. The molecule has 92 valence electrons. The van der Waals surface area contributed by atoms with Crippen LogP contribution in [-0.2, 0) is 0 Å². The molecular formula is C9H6F3NO4. The van der Waals surface area contributed by atoms with Crippen molar-refractivity contribution < 1.29 is 27.6 Å². The first-order valence-electron chi connectivity index (χ1n) is 4.27. The van der Waals surface area contributed by atoms with Crippen LogP contribution >= 0.6 is 0 Å². The number of halogens is 3. The molecule has 0 atom stereocenters. The standard InChI is InChI=1S/C9H6F3NO4/c1-4(14)5-2-3-6(13(15)16)8(7(5)10)17-9(11)12/h2-3,9H,1H3. The van der Waals surface area contributed by atoms with Crippen LogP contribution in [0.5, 0.6) is 5.75 Å². The van der Waals surface area contributed by atoms with Gasteiger partial charge in [0.05, 0.1) is 10.5 Å². The first-order valence-corrected chi connectivity index (χ1v) is 4.27. The van der Waals surface area contributed by atoms with Gasteiger partial charge in [0.25, 0.3) is 0 Å². The van der Waals surface area contributed by atoms with Crippen molar-refractivity contribution in [1.29, 1.82) is 0 Å². The second-order valence-electron chi connectivity index (χ2n) is 2.97. The summed E-state index contributed by atoms with van der Waals surface area (Å²) in [7, 11) is 0. The van der Waals surface area contributed by atoms with Gasteiger partial charge in [-0.2, -0.15) is 8.78 Å². The lowest BCUT2D eigenvalue weighted by molar-refractivity contribution is -0.386. The molecular weight excluding hydrogens is 243 g/mol. The van der Waals surface area contributed by atoms with Crippen molar-refractivity contribution in [2.24, 2.45) is 0 Å². The number of hydrogen-bond acceptors (Lipinski definition) is 4. The van der Waals surface area contributed by atoms with Gasteiger partial charge in [0.15, 0.2) is 11.6 Å². The summed E-state index contributed by atoms with van der Waals surface area (Å²) in [5, 5.41) is 10.5. The van der Waals surface area contributed by atoms with Crippen LogP contribution in [0.15, 0.2) is 12.1 Å². The molecule has 0 aliphatic carbocycles. The maximum Gasteiger partial charge on any atom is 0.387 e. The van der Waals surface area contributed by atoms with Gasteiger partial charge in [-0.15, -0.1) is 0 Å². The molecule has 1 aromatic rings. The van der Waals surface area contributed by atoms with E-state index in [-0.39, 0.29) is 0 Å². The fraction of sp³-hybridized carbons (Fsp3) is 0.222. The summed E-state index contributed by atoms with van der Waals surface area (Å²) in [6.45, 7) is -2.43. The zero-order chi connectivity index (χ0) is 13.2. The van der Waals surface area contributed by atoms with Gasteiger partial charge >= 0.3 is 12.3 Å². The molecule has 17 heavy (non-hydrogen) atoms. The third-order valence-corrected chi connectivity index (χ3v) is 1.86. The molecule has 0 radical (unpaired) electrons. The number of ketones is 1. The Morgan fingerprint density at radius 2 is 2.06 bits per heavy atom. The van der Waals surface area contributed by atoms with Crippen LogP contribution in [-0.4, -0.2) is 17.3 Å². The smallest absolute Gasteiger partial charge is 0.387 e. The van der Waals surface area contributed by atoms with E-state index in [4.69, 9.17) is 0 Å². The summed E-state index contributed by atoms with van der Waals surface area (Å²) in [6.07, 6.45) is 0. The van der Waals surface area contributed by atoms with Gasteiger partial charge in [0.1, 0.15) is 0 Å². The number of nitro groups is 1. The molecule has 0 unspecified atom stereocenters. The lowest BCUT2D eigenvalue weighted by Crippen LogP contribution is -2.09. The van der Waals surface area contributed by atoms with E-state index in [0.29, 0.717) is 0 Å². The highest BCUT2D eigenvalue weighted by Crippen LogP contribution is 2.33. The van der Waals surface area contributed by atoms with Crippen LogP contribution in [0.4, 0.5) is 18.9 Å². The number of nitrogens with zero attached hydrogens (tertiary/aromatic N) is 1. The number of carbonyl (C=O) groups is 1. The van der Waals surface area contributed by atoms with E-state index in [1.165, 1.54) is 0 Å². The van der Waals surface area contributed by atoms with Crippen molar-refractivity contribution in [2.45, 2.75) is 13.5 Å². The zero-order valence-electron chi connectivity index (χ0n) is 8.45. The number of nitro benzene ring substituents is 1. The molecule has 5 nitrogen and oxygen atoms in total. The fourth-order valence-electron chi connectivity index (χ4n) is 1.16. The Bertz CT molecular complexity index is 476. The molecule has 0 saturated heterocycles. The molecule has 0 bridgehead atoms. The molecule has 8 heteroatoms. The Morgan fingerprint density at radius 3 is 2.47 bits per heavy atom. The summed E-state index contributed by atoms with van der Waals surface area (Å²) in [6, 6.07) is 1.58. The summed E-state index contributed by atoms with van der Waals surface area (Å²) < 4.78 is 41.2. The minimum absolute atomic E-state index is 0.550. The predicted octanol–water partition coefficient (Wildman–Crippen LogP) is 2.54. The zero-order valence-corrected chi connectivity index (χ0v) is 8.45. The molecule has 0 N–H and O–H groups in total. The number of alkyl halides is 2. The first-order chi connectivity index (χ1) is 7.84. The van der Waals surface area contributed by atoms with Crippen molar-refractivity contribution in [1.82, 2.24) is 0 Å². The molecule has 0 aliphatic rings. The summed E-state index contributed by atoms with van der Waals surface area (Å²) in [5.74, 6) is -3.46. The van der Waals surface area contributed by atoms with E-state index in [1.807, 2.05) is 0 Å². The molecule has 0 saturated carbocycles. The van der Waals surface area contributed by atoms with E-state index >= 15 is 0 Å². The quantitative estimate of drug-likeness (QED) is 0.467. The van der Waals surface area contributed by atoms with E-state index in [0.717, 1.165) is 19.1 Å². The van der Waals surface area contributed by atoms with Gasteiger partial charge in [0.2, 0.25) is 5.75 Å². The van der Waals surface area contributed by atoms with E-state index in [2.05, 4.69) is 4.74 Å². The van der Waals surface area contributed by atoms with Crippen molar-refractivity contribution in [2.75, 3.05) is 0 Å². The Balaban J connectivity index is 3.41. The Kier molecular flexibility index (Phi) is 3.66. The number of hydrogen-bond donors (Lipinski definition) is 0. The number of carbonyl (C=O) groups excluding carboxylic acids is 1. The fourth-order valence-corrected chi connectivity index (χ4v) is 1.16. The van der Waals surface area contributed by atoms with Crippen LogP contribution in [0, 0.1) is 15.9 Å². The largest absolute Gasteiger partial charge is 0.424 e. The minimum atomic E-state index is -3.43. The van der Waals surface area contributed by atoms with Crippen LogP contribution in [0.25, 0.3) is 0 Å². The highest BCUT2D eigenvalue weighted by molar-refractivity contribution is 5.95. The molecule has 0 aliphatic heterocycles. The maximum absolute atomic E-state index is 13.5. The Hall–Kier alpha value is -2.12. The van der Waals surface area contributed by atoms with Gasteiger partial charge < -0.3 is 4.74 Å². The van der Waals surface area contributed by atoms with Gasteiger partial charge in [-0.1, -0.05) is 0 Å². The second kappa shape index (κ2) is 4.81. The summed E-state index contributed by atoms with van der Waals surface area (Å²) in [5.41, 5.74) is -1.51. The van der Waals surface area contributed by atoms with Gasteiger partial charge in [0, 0.05) is 6.07 Å². The Morgan fingerprint density at radius 1 is 1.47 bits per heavy atom. The number of Topliss-reactive ketones (excluding diaryl/α,β-unsaturated/α-hetero) is 1. The Labute approximate surface area is 93.0 Å². The average Bonchev–Trinajstić information content (AvgIpc) is 2.19. The SMILES string of the molecule is CC(=O)c1ccc([N+](=O)[O-])c(OC(F)F)c1F. The van der Waals surface area contributed by atoms with Crippen molar-refractivity contribution in [3.8, 4) is 5.75 Å². The lowest BCUT2D eigenvalue weighted by atomic mass is 10.1. The number of rotatable bonds is 4. The monoisotopic (exact) mass is 249 g/mol. The van der Waals surface area contributed by atoms with Crippen molar-refractivity contribution >= 4 is 11.5 Å². The summed E-state index contributed by atoms with van der Waals surface area (Å²) in [4.78, 5) is 20.3. The lowest BCUT2D eigenvalue weighted by Gasteiger charge is -2.08. The predicted molar refractivity (Wildman–Crippen MR) is 49.7 cm³/mol.